The van der Waals surface area contributed by atoms with Crippen LogP contribution in [0.25, 0.3) is 0 Å². The number of hydrogen-bond acceptors (Lipinski definition) is 30. The second-order valence-electron chi connectivity index (χ2n) is 14.9. The van der Waals surface area contributed by atoms with E-state index in [1.807, 2.05) is 77.0 Å². The van der Waals surface area contributed by atoms with Gasteiger partial charge in [-0.2, -0.15) is 9.97 Å². The fourth-order valence-corrected chi connectivity index (χ4v) is 5.66. The SMILES string of the molecule is CN(Cn1ccc(N)c1)Cn1ccc(N)c1.CN(Cn1cnc(N)n1)Cn1cnc(N)n1.CN(Cn1nc(N)nc1N)Cn1nc(N)nc1N.CN(Cn1nnc([N+](=O)[O-])n1)Cn1nnc([N+](=O)[O-])n1. The molecule has 0 aliphatic rings. The number of rotatable bonds is 18. The van der Waals surface area contributed by atoms with Gasteiger partial charge in [-0.3, -0.25) is 19.6 Å². The molecule has 8 rings (SSSR count). The van der Waals surface area contributed by atoms with Gasteiger partial charge in [-0.15, -0.1) is 20.4 Å². The normalized spacial score (nSPS) is 11.1. The van der Waals surface area contributed by atoms with E-state index in [9.17, 15) is 20.2 Å². The third kappa shape index (κ3) is 16.3. The molecule has 0 saturated carbocycles. The molecular formula is C30H52N36O4. The van der Waals surface area contributed by atoms with Crippen molar-refractivity contribution in [3.05, 3.63) is 69.8 Å². The summed E-state index contributed by atoms with van der Waals surface area (Å²) in [5.74, 6) is 0.0318. The van der Waals surface area contributed by atoms with Gasteiger partial charge in [0.05, 0.1) is 60.4 Å². The van der Waals surface area contributed by atoms with Crippen LogP contribution in [0.5, 0.6) is 0 Å². The quantitative estimate of drug-likeness (QED) is 0.0296. The number of aromatic nitrogens is 22. The molecule has 0 bridgehead atoms. The largest absolute Gasteiger partial charge is 0.514 e. The zero-order valence-corrected chi connectivity index (χ0v) is 38.0. The minimum Gasteiger partial charge on any atom is -0.398 e. The van der Waals surface area contributed by atoms with Gasteiger partial charge in [-0.05, 0) is 50.2 Å². The van der Waals surface area contributed by atoms with Gasteiger partial charge >= 0.3 is 11.9 Å². The molecule has 0 atom stereocenters. The topological polar surface area (TPSA) is 527 Å². The molecule has 40 heteroatoms. The summed E-state index contributed by atoms with van der Waals surface area (Å²) < 4.78 is 10.3. The van der Waals surface area contributed by atoms with E-state index in [0.29, 0.717) is 26.7 Å². The van der Waals surface area contributed by atoms with Crippen molar-refractivity contribution in [2.45, 2.75) is 53.3 Å². The Morgan fingerprint density at radius 2 is 0.871 bits per heavy atom. The van der Waals surface area contributed by atoms with Crippen molar-refractivity contribution < 1.29 is 9.85 Å². The molecule has 0 aromatic carbocycles. The Kier molecular flexibility index (Phi) is 17.3. The predicted octanol–water partition coefficient (Wildman–Crippen LogP) is -4.65. The summed E-state index contributed by atoms with van der Waals surface area (Å²) in [6.07, 6.45) is 10.9. The van der Waals surface area contributed by atoms with Crippen LogP contribution in [-0.4, -0.2) is 166 Å². The maximum atomic E-state index is 10.4. The van der Waals surface area contributed by atoms with Crippen molar-refractivity contribution in [2.75, 3.05) is 74.1 Å². The highest BCUT2D eigenvalue weighted by Gasteiger charge is 2.19. The molecule has 40 nitrogen and oxygen atoms in total. The molecule has 0 aliphatic heterocycles. The fraction of sp³-hybridized carbons (Fsp3) is 0.400. The highest BCUT2D eigenvalue weighted by atomic mass is 16.6. The van der Waals surface area contributed by atoms with E-state index in [2.05, 4.69) is 76.1 Å². The Balaban J connectivity index is 0.000000175. The maximum Gasteiger partial charge on any atom is 0.514 e. The molecule has 0 unspecified atom stereocenters. The number of hydrogen-bond donors (Lipinski definition) is 8. The van der Waals surface area contributed by atoms with Crippen LogP contribution in [0.4, 0.5) is 59.0 Å². The monoisotopic (exact) mass is 980 g/mol. The predicted molar refractivity (Wildman–Crippen MR) is 244 cm³/mol. The van der Waals surface area contributed by atoms with E-state index in [4.69, 9.17) is 45.9 Å². The zero-order valence-electron chi connectivity index (χ0n) is 38.0. The van der Waals surface area contributed by atoms with Gasteiger partial charge in [-0.1, -0.05) is 9.59 Å². The number of nitrogens with two attached hydrogens (primary N) is 8. The first kappa shape index (κ1) is 51.3. The van der Waals surface area contributed by atoms with Crippen molar-refractivity contribution >= 4 is 59.0 Å². The molecule has 16 N–H and O–H groups in total. The minimum absolute atomic E-state index is 0.0518. The van der Waals surface area contributed by atoms with Gasteiger partial charge in [0.2, 0.25) is 35.7 Å². The van der Waals surface area contributed by atoms with Crippen LogP contribution in [0.3, 0.4) is 0 Å². The maximum absolute atomic E-state index is 10.4. The van der Waals surface area contributed by atoms with Crippen LogP contribution >= 0.6 is 0 Å². The lowest BCUT2D eigenvalue weighted by Gasteiger charge is -2.18. The summed E-state index contributed by atoms with van der Waals surface area (Å²) in [5.41, 5.74) is 45.8. The van der Waals surface area contributed by atoms with E-state index < -0.39 is 21.7 Å². The fourth-order valence-electron chi connectivity index (χ4n) is 5.66. The minimum atomic E-state index is -0.772. The molecule has 0 spiro atoms. The number of anilines is 8. The summed E-state index contributed by atoms with van der Waals surface area (Å²) >= 11 is 0. The summed E-state index contributed by atoms with van der Waals surface area (Å²) in [4.78, 5) is 43.9. The average molecular weight is 981 g/mol. The molecule has 0 saturated heterocycles. The van der Waals surface area contributed by atoms with Crippen molar-refractivity contribution in [3.63, 3.8) is 0 Å². The van der Waals surface area contributed by atoms with Crippen LogP contribution in [0, 0.1) is 20.2 Å². The Morgan fingerprint density at radius 1 is 0.500 bits per heavy atom. The van der Waals surface area contributed by atoms with Crippen LogP contribution in [0.1, 0.15) is 0 Å². The van der Waals surface area contributed by atoms with Gasteiger partial charge in [0.15, 0.2) is 0 Å². The van der Waals surface area contributed by atoms with Gasteiger partial charge < -0.3 is 75.2 Å². The lowest BCUT2D eigenvalue weighted by molar-refractivity contribution is -0.394. The smallest absolute Gasteiger partial charge is 0.398 e. The Hall–Kier alpha value is -9.70. The van der Waals surface area contributed by atoms with Crippen molar-refractivity contribution in [3.8, 4) is 0 Å². The van der Waals surface area contributed by atoms with E-state index in [0.717, 1.165) is 34.3 Å². The third-order valence-corrected chi connectivity index (χ3v) is 8.37. The molecule has 8 heterocycles. The van der Waals surface area contributed by atoms with Gasteiger partial charge in [0.25, 0.3) is 0 Å². The van der Waals surface area contributed by atoms with Crippen molar-refractivity contribution in [2.24, 2.45) is 0 Å². The summed E-state index contributed by atoms with van der Waals surface area (Å²) in [5, 5.41) is 56.9. The third-order valence-electron chi connectivity index (χ3n) is 8.37. The highest BCUT2D eigenvalue weighted by molar-refractivity contribution is 5.35. The average Bonchev–Trinajstić information content (AvgIpc) is 4.14. The van der Waals surface area contributed by atoms with Crippen molar-refractivity contribution in [1.82, 2.24) is 128 Å². The number of nitro groups is 2. The van der Waals surface area contributed by atoms with E-state index in [-0.39, 0.29) is 49.0 Å². The molecule has 0 radical (unpaired) electrons. The standard InChI is InChI=1S/C11H17N5.C7H15N11.C7H13N9.C5H7N11O4/c1-14(8-15-4-2-10(12)6-15)9-16-5-3-11(13)7-16;1-16(2-17-6(10)12-4(8)14-17)3-18-7(11)13-5(9)15-18;1-14(4-15-2-10-6(8)12-15)5-16-3-11-7(9)13-16;1-12(2-13-8-4(6-10-13)15(17)18)3-14-9-5(7-11-14)16(19)20/h2-7H,8-9,12-13H2,1H3;2-3H2,1H3,(H4,8,10,12,14)(H4,9,11,13,15);2-3H,4-5H2,1H3,(H2,8,12)(H2,9,13);2-3H2,1H3. The summed E-state index contributed by atoms with van der Waals surface area (Å²) in [6.45, 7) is 3.59. The molecular weight excluding hydrogens is 929 g/mol. The second kappa shape index (κ2) is 23.7. The van der Waals surface area contributed by atoms with Gasteiger partial charge in [0.1, 0.15) is 26.0 Å². The second-order valence-corrected chi connectivity index (χ2v) is 14.9. The Bertz CT molecular complexity index is 2590. The van der Waals surface area contributed by atoms with E-state index in [1.54, 1.807) is 29.1 Å². The van der Waals surface area contributed by atoms with Crippen LogP contribution in [0.15, 0.2) is 49.6 Å². The first-order valence-electron chi connectivity index (χ1n) is 19.8. The molecule has 0 aliphatic carbocycles. The van der Waals surface area contributed by atoms with Crippen LogP contribution in [-0.2, 0) is 53.3 Å². The highest BCUT2D eigenvalue weighted by Crippen LogP contribution is 2.08. The molecule has 0 fully saturated rings. The first-order chi connectivity index (χ1) is 33.2. The lowest BCUT2D eigenvalue weighted by atomic mass is 10.6. The Labute approximate surface area is 393 Å². The van der Waals surface area contributed by atoms with E-state index >= 15 is 0 Å². The molecule has 8 aromatic heterocycles. The number of nitrogen functional groups attached to an aromatic ring is 8. The zero-order chi connectivity index (χ0) is 51.1. The molecule has 0 amide bonds. The van der Waals surface area contributed by atoms with Gasteiger partial charge in [0, 0.05) is 46.6 Å². The van der Waals surface area contributed by atoms with Crippen LogP contribution in [0.2, 0.25) is 0 Å². The number of nitrogens with zero attached hydrogens (tertiary/aromatic N) is 28. The lowest BCUT2D eigenvalue weighted by Crippen LogP contribution is -2.27. The molecule has 376 valence electrons. The van der Waals surface area contributed by atoms with Gasteiger partial charge in [-0.25, -0.2) is 28.7 Å². The molecule has 8 aromatic rings. The number of tetrazole rings is 2. The van der Waals surface area contributed by atoms with Crippen LogP contribution < -0.4 is 45.9 Å². The summed E-state index contributed by atoms with van der Waals surface area (Å²) in [6, 6.07) is 3.78. The Morgan fingerprint density at radius 3 is 1.17 bits per heavy atom. The first-order valence-corrected chi connectivity index (χ1v) is 19.8. The summed E-state index contributed by atoms with van der Waals surface area (Å²) in [7, 11) is 7.39. The molecule has 70 heavy (non-hydrogen) atoms. The van der Waals surface area contributed by atoms with Crippen molar-refractivity contribution in [1.29, 1.82) is 0 Å². The van der Waals surface area contributed by atoms with E-state index in [1.165, 1.54) is 14.3 Å².